The lowest BCUT2D eigenvalue weighted by Crippen LogP contribution is -2.08. The van der Waals surface area contributed by atoms with Gasteiger partial charge in [0.15, 0.2) is 0 Å². The minimum Gasteiger partial charge on any atom is -0.392 e. The molecule has 0 saturated heterocycles. The van der Waals surface area contributed by atoms with Gasteiger partial charge in [-0.15, -0.1) is 0 Å². The van der Waals surface area contributed by atoms with Crippen molar-refractivity contribution in [2.45, 2.75) is 65.4 Å². The molecular weight excluding hydrogens is 272 g/mol. The summed E-state index contributed by atoms with van der Waals surface area (Å²) in [6.07, 6.45) is 13.6. The highest BCUT2D eigenvalue weighted by Gasteiger charge is 2.23. The van der Waals surface area contributed by atoms with Crippen molar-refractivity contribution < 1.29 is 9.84 Å². The summed E-state index contributed by atoms with van der Waals surface area (Å²) in [5, 5.41) is 9.56. The molecule has 1 aliphatic carbocycles. The summed E-state index contributed by atoms with van der Waals surface area (Å²) in [4.78, 5) is 0. The number of fused-ring (bicyclic) bond motifs is 1. The van der Waals surface area contributed by atoms with Crippen LogP contribution in [0.3, 0.4) is 0 Å². The van der Waals surface area contributed by atoms with Gasteiger partial charge in [-0.3, -0.25) is 0 Å². The van der Waals surface area contributed by atoms with Crippen LogP contribution in [0, 0.1) is 0 Å². The second-order valence-corrected chi connectivity index (χ2v) is 6.71. The SMILES string of the molecule is CC1=CCCC(C)=CC2OCC(CO)=C2CCC(C)=CCC1. The summed E-state index contributed by atoms with van der Waals surface area (Å²) >= 11 is 0. The summed E-state index contributed by atoms with van der Waals surface area (Å²) in [5.41, 5.74) is 6.72. The molecule has 1 atom stereocenters. The van der Waals surface area contributed by atoms with Crippen molar-refractivity contribution in [2.75, 3.05) is 13.2 Å². The predicted molar refractivity (Wildman–Crippen MR) is 92.8 cm³/mol. The Bertz CT molecular complexity index is 506. The summed E-state index contributed by atoms with van der Waals surface area (Å²) < 4.78 is 5.90. The standard InChI is InChI=1S/C20H30O2/c1-15-6-4-8-16(2)10-11-19-18(13-21)14-22-20(19)12-17(3)9-5-7-15/h7-8,12,20-21H,4-6,9-11,13-14H2,1-3H3. The van der Waals surface area contributed by atoms with Gasteiger partial charge >= 0.3 is 0 Å². The first-order chi connectivity index (χ1) is 10.6. The Kier molecular flexibility index (Phi) is 6.66. The molecule has 2 nitrogen and oxygen atoms in total. The van der Waals surface area contributed by atoms with Crippen molar-refractivity contribution in [2.24, 2.45) is 0 Å². The zero-order valence-electron chi connectivity index (χ0n) is 14.3. The second kappa shape index (κ2) is 8.50. The van der Waals surface area contributed by atoms with Gasteiger partial charge in [0.25, 0.3) is 0 Å². The van der Waals surface area contributed by atoms with Crippen molar-refractivity contribution in [3.8, 4) is 0 Å². The molecule has 0 aromatic carbocycles. The van der Waals surface area contributed by atoms with Crippen LogP contribution < -0.4 is 0 Å². The maximum absolute atomic E-state index is 9.56. The fourth-order valence-electron chi connectivity index (χ4n) is 3.17. The molecule has 22 heavy (non-hydrogen) atoms. The molecule has 0 bridgehead atoms. The molecule has 2 rings (SSSR count). The van der Waals surface area contributed by atoms with Gasteiger partial charge in [0.05, 0.1) is 19.3 Å². The average molecular weight is 302 g/mol. The summed E-state index contributed by atoms with van der Waals surface area (Å²) in [5.74, 6) is 0. The Hall–Kier alpha value is -1.12. The molecule has 2 heteroatoms. The lowest BCUT2D eigenvalue weighted by Gasteiger charge is -2.14. The molecule has 1 aliphatic heterocycles. The molecule has 0 saturated carbocycles. The van der Waals surface area contributed by atoms with Gasteiger partial charge in [0.2, 0.25) is 0 Å². The predicted octanol–water partition coefficient (Wildman–Crippen LogP) is 4.87. The van der Waals surface area contributed by atoms with E-state index in [1.165, 1.54) is 22.3 Å². The molecule has 0 fully saturated rings. The first-order valence-corrected chi connectivity index (χ1v) is 8.52. The molecule has 0 spiro atoms. The zero-order chi connectivity index (χ0) is 15.9. The smallest absolute Gasteiger partial charge is 0.0978 e. The average Bonchev–Trinajstić information content (AvgIpc) is 2.86. The molecule has 122 valence electrons. The number of rotatable bonds is 1. The van der Waals surface area contributed by atoms with Crippen LogP contribution >= 0.6 is 0 Å². The lowest BCUT2D eigenvalue weighted by molar-refractivity contribution is 0.146. The maximum atomic E-state index is 9.56. The van der Waals surface area contributed by atoms with Crippen LogP contribution in [0.4, 0.5) is 0 Å². The Morgan fingerprint density at radius 3 is 2.27 bits per heavy atom. The van der Waals surface area contributed by atoms with E-state index in [-0.39, 0.29) is 12.7 Å². The van der Waals surface area contributed by atoms with E-state index in [4.69, 9.17) is 4.74 Å². The molecular formula is C20H30O2. The fourth-order valence-corrected chi connectivity index (χ4v) is 3.17. The van der Waals surface area contributed by atoms with E-state index in [1.54, 1.807) is 0 Å². The number of hydrogen-bond donors (Lipinski definition) is 1. The second-order valence-electron chi connectivity index (χ2n) is 6.71. The number of aliphatic hydroxyl groups is 1. The van der Waals surface area contributed by atoms with E-state index in [0.29, 0.717) is 6.61 Å². The normalized spacial score (nSPS) is 25.1. The first kappa shape index (κ1) is 17.2. The van der Waals surface area contributed by atoms with Gasteiger partial charge in [0, 0.05) is 0 Å². The van der Waals surface area contributed by atoms with Crippen molar-refractivity contribution in [1.82, 2.24) is 0 Å². The van der Waals surface area contributed by atoms with E-state index in [1.807, 2.05) is 0 Å². The third kappa shape index (κ3) is 4.96. The molecule has 0 radical (unpaired) electrons. The summed E-state index contributed by atoms with van der Waals surface area (Å²) in [6, 6.07) is 0. The molecule has 2 aliphatic rings. The fraction of sp³-hybridized carbons (Fsp3) is 0.600. The molecule has 0 amide bonds. The molecule has 0 aromatic heterocycles. The third-order valence-electron chi connectivity index (χ3n) is 4.71. The van der Waals surface area contributed by atoms with E-state index in [9.17, 15) is 5.11 Å². The lowest BCUT2D eigenvalue weighted by atomic mass is 9.95. The minimum atomic E-state index is 0.0722. The van der Waals surface area contributed by atoms with Crippen LogP contribution in [0.1, 0.15) is 59.3 Å². The number of allylic oxidation sites excluding steroid dienone is 5. The Morgan fingerprint density at radius 2 is 1.59 bits per heavy atom. The number of aliphatic hydroxyl groups excluding tert-OH is 1. The van der Waals surface area contributed by atoms with Gasteiger partial charge in [-0.1, -0.05) is 34.9 Å². The summed E-state index contributed by atoms with van der Waals surface area (Å²) in [6.45, 7) is 7.36. The number of hydrogen-bond acceptors (Lipinski definition) is 2. The summed E-state index contributed by atoms with van der Waals surface area (Å²) in [7, 11) is 0. The monoisotopic (exact) mass is 302 g/mol. The van der Waals surface area contributed by atoms with Gasteiger partial charge in [0.1, 0.15) is 0 Å². The van der Waals surface area contributed by atoms with Crippen molar-refractivity contribution in [1.29, 1.82) is 0 Å². The van der Waals surface area contributed by atoms with E-state index < -0.39 is 0 Å². The number of ether oxygens (including phenoxy) is 1. The minimum absolute atomic E-state index is 0.0722. The molecule has 0 aromatic rings. The first-order valence-electron chi connectivity index (χ1n) is 8.52. The maximum Gasteiger partial charge on any atom is 0.0978 e. The largest absolute Gasteiger partial charge is 0.392 e. The molecule has 1 unspecified atom stereocenters. The third-order valence-corrected chi connectivity index (χ3v) is 4.71. The van der Waals surface area contributed by atoms with Gasteiger partial charge in [-0.05, 0) is 70.4 Å². The zero-order valence-corrected chi connectivity index (χ0v) is 14.3. The van der Waals surface area contributed by atoms with Gasteiger partial charge in [-0.2, -0.15) is 0 Å². The Labute approximate surface area is 135 Å². The van der Waals surface area contributed by atoms with E-state index in [2.05, 4.69) is 39.0 Å². The highest BCUT2D eigenvalue weighted by Crippen LogP contribution is 2.29. The van der Waals surface area contributed by atoms with Crippen LogP contribution in [0.5, 0.6) is 0 Å². The topological polar surface area (TPSA) is 29.5 Å². The molecule has 1 heterocycles. The highest BCUT2D eigenvalue weighted by atomic mass is 16.5. The highest BCUT2D eigenvalue weighted by molar-refractivity contribution is 5.30. The van der Waals surface area contributed by atoms with Crippen molar-refractivity contribution >= 4 is 0 Å². The van der Waals surface area contributed by atoms with Crippen LogP contribution in [-0.2, 0) is 4.74 Å². The van der Waals surface area contributed by atoms with Crippen molar-refractivity contribution in [3.05, 3.63) is 46.1 Å². The van der Waals surface area contributed by atoms with E-state index in [0.717, 1.165) is 44.1 Å². The molecule has 1 N–H and O–H groups in total. The Balaban J connectivity index is 2.20. The quantitative estimate of drug-likeness (QED) is 0.700. The Morgan fingerprint density at radius 1 is 0.955 bits per heavy atom. The van der Waals surface area contributed by atoms with Gasteiger partial charge in [-0.25, -0.2) is 0 Å². The van der Waals surface area contributed by atoms with E-state index >= 15 is 0 Å². The van der Waals surface area contributed by atoms with Crippen LogP contribution in [0.25, 0.3) is 0 Å². The van der Waals surface area contributed by atoms with Crippen molar-refractivity contribution in [3.63, 3.8) is 0 Å². The van der Waals surface area contributed by atoms with Crippen LogP contribution in [0.15, 0.2) is 46.1 Å². The van der Waals surface area contributed by atoms with Crippen LogP contribution in [0.2, 0.25) is 0 Å². The van der Waals surface area contributed by atoms with Gasteiger partial charge < -0.3 is 9.84 Å². The van der Waals surface area contributed by atoms with Crippen LogP contribution in [-0.4, -0.2) is 24.4 Å².